The summed E-state index contributed by atoms with van der Waals surface area (Å²) in [7, 11) is 0. The number of halogens is 1. The minimum absolute atomic E-state index is 0.0697. The van der Waals surface area contributed by atoms with E-state index in [-0.39, 0.29) is 17.8 Å². The van der Waals surface area contributed by atoms with Crippen molar-refractivity contribution < 1.29 is 9.18 Å². The highest BCUT2D eigenvalue weighted by atomic mass is 19.1. The standard InChI is InChI=1S/C15H21FN2O/c1-11-5-4-8-18(10-11)12(2)15(19)17-14-7-3-6-13(16)9-14/h3,6-7,9,11-12H,4-5,8,10H2,1-2H3,(H,17,19). The maximum Gasteiger partial charge on any atom is 0.241 e. The summed E-state index contributed by atoms with van der Waals surface area (Å²) < 4.78 is 13.1. The molecule has 104 valence electrons. The Morgan fingerprint density at radius 3 is 3.00 bits per heavy atom. The van der Waals surface area contributed by atoms with Crippen molar-refractivity contribution in [3.05, 3.63) is 30.1 Å². The second kappa shape index (κ2) is 6.15. The predicted molar refractivity (Wildman–Crippen MR) is 74.5 cm³/mol. The van der Waals surface area contributed by atoms with E-state index < -0.39 is 0 Å². The lowest BCUT2D eigenvalue weighted by molar-refractivity contribution is -0.121. The number of rotatable bonds is 3. The van der Waals surface area contributed by atoms with E-state index in [9.17, 15) is 9.18 Å². The lowest BCUT2D eigenvalue weighted by Gasteiger charge is -2.34. The second-order valence-corrected chi connectivity index (χ2v) is 5.42. The first-order valence-electron chi connectivity index (χ1n) is 6.87. The third-order valence-corrected chi connectivity index (χ3v) is 3.71. The molecule has 0 radical (unpaired) electrons. The van der Waals surface area contributed by atoms with Gasteiger partial charge in [-0.25, -0.2) is 4.39 Å². The number of hydrogen-bond acceptors (Lipinski definition) is 2. The Balaban J connectivity index is 1.95. The summed E-state index contributed by atoms with van der Waals surface area (Å²) in [5.74, 6) is 0.231. The fourth-order valence-corrected chi connectivity index (χ4v) is 2.56. The molecule has 19 heavy (non-hydrogen) atoms. The quantitative estimate of drug-likeness (QED) is 0.910. The summed E-state index contributed by atoms with van der Waals surface area (Å²) >= 11 is 0. The SMILES string of the molecule is CC1CCCN(C(C)C(=O)Nc2cccc(F)c2)C1. The van der Waals surface area contributed by atoms with Gasteiger partial charge in [0.25, 0.3) is 0 Å². The van der Waals surface area contributed by atoms with Crippen LogP contribution in [0.25, 0.3) is 0 Å². The molecule has 1 aliphatic rings. The summed E-state index contributed by atoms with van der Waals surface area (Å²) in [6.07, 6.45) is 2.37. The maximum atomic E-state index is 13.1. The Morgan fingerprint density at radius 2 is 2.32 bits per heavy atom. The average molecular weight is 264 g/mol. The van der Waals surface area contributed by atoms with Crippen LogP contribution in [0.2, 0.25) is 0 Å². The van der Waals surface area contributed by atoms with Crippen molar-refractivity contribution in [1.29, 1.82) is 0 Å². The van der Waals surface area contributed by atoms with Crippen LogP contribution in [0.1, 0.15) is 26.7 Å². The Labute approximate surface area is 113 Å². The molecule has 1 aromatic rings. The fraction of sp³-hybridized carbons (Fsp3) is 0.533. The third-order valence-electron chi connectivity index (χ3n) is 3.71. The van der Waals surface area contributed by atoms with Crippen LogP contribution in [-0.4, -0.2) is 29.9 Å². The van der Waals surface area contributed by atoms with Crippen molar-refractivity contribution in [2.45, 2.75) is 32.7 Å². The van der Waals surface area contributed by atoms with E-state index in [1.54, 1.807) is 12.1 Å². The smallest absolute Gasteiger partial charge is 0.241 e. The van der Waals surface area contributed by atoms with Crippen LogP contribution < -0.4 is 5.32 Å². The zero-order valence-electron chi connectivity index (χ0n) is 11.5. The van der Waals surface area contributed by atoms with Crippen LogP contribution in [-0.2, 0) is 4.79 Å². The Hall–Kier alpha value is -1.42. The first-order valence-corrected chi connectivity index (χ1v) is 6.87. The topological polar surface area (TPSA) is 32.3 Å². The molecule has 1 N–H and O–H groups in total. The first kappa shape index (κ1) is 14.0. The molecule has 4 heteroatoms. The molecule has 2 atom stereocenters. The zero-order valence-corrected chi connectivity index (χ0v) is 11.5. The summed E-state index contributed by atoms with van der Waals surface area (Å²) in [6, 6.07) is 5.82. The number of carbonyl (C=O) groups is 1. The molecule has 2 rings (SSSR count). The van der Waals surface area contributed by atoms with Crippen LogP contribution >= 0.6 is 0 Å². The third kappa shape index (κ3) is 3.77. The molecule has 0 aromatic heterocycles. The van der Waals surface area contributed by atoms with Gasteiger partial charge in [-0.15, -0.1) is 0 Å². The van der Waals surface area contributed by atoms with Gasteiger partial charge in [-0.2, -0.15) is 0 Å². The maximum absolute atomic E-state index is 13.1. The van der Waals surface area contributed by atoms with Crippen LogP contribution in [0.15, 0.2) is 24.3 Å². The van der Waals surface area contributed by atoms with Crippen LogP contribution in [0.4, 0.5) is 10.1 Å². The first-order chi connectivity index (χ1) is 9.06. The predicted octanol–water partition coefficient (Wildman–Crippen LogP) is 2.88. The lowest BCUT2D eigenvalue weighted by Crippen LogP contribution is -2.46. The summed E-state index contributed by atoms with van der Waals surface area (Å²) in [5, 5.41) is 2.77. The number of piperidine rings is 1. The highest BCUT2D eigenvalue weighted by molar-refractivity contribution is 5.94. The van der Waals surface area contributed by atoms with E-state index in [4.69, 9.17) is 0 Å². The van der Waals surface area contributed by atoms with Crippen LogP contribution in [0.3, 0.4) is 0 Å². The number of carbonyl (C=O) groups excluding carboxylic acids is 1. The lowest BCUT2D eigenvalue weighted by atomic mass is 9.99. The molecule has 0 spiro atoms. The molecule has 0 saturated carbocycles. The van der Waals surface area contributed by atoms with Crippen molar-refractivity contribution in [3.63, 3.8) is 0 Å². The van der Waals surface area contributed by atoms with E-state index in [0.717, 1.165) is 19.5 Å². The van der Waals surface area contributed by atoms with Gasteiger partial charge in [0, 0.05) is 12.2 Å². The molecule has 1 aromatic carbocycles. The number of amides is 1. The minimum atomic E-state index is -0.336. The minimum Gasteiger partial charge on any atom is -0.325 e. The summed E-state index contributed by atoms with van der Waals surface area (Å²) in [6.45, 7) is 6.04. The Bertz CT molecular complexity index is 450. The average Bonchev–Trinajstić information content (AvgIpc) is 2.38. The van der Waals surface area contributed by atoms with E-state index in [1.165, 1.54) is 18.6 Å². The second-order valence-electron chi connectivity index (χ2n) is 5.42. The van der Waals surface area contributed by atoms with E-state index >= 15 is 0 Å². The summed E-state index contributed by atoms with van der Waals surface area (Å²) in [4.78, 5) is 14.4. The van der Waals surface area contributed by atoms with E-state index in [2.05, 4.69) is 17.1 Å². The van der Waals surface area contributed by atoms with Crippen molar-refractivity contribution in [3.8, 4) is 0 Å². The fourth-order valence-electron chi connectivity index (χ4n) is 2.56. The zero-order chi connectivity index (χ0) is 13.8. The van der Waals surface area contributed by atoms with Gasteiger partial charge in [0.15, 0.2) is 0 Å². The number of hydrogen-bond donors (Lipinski definition) is 1. The summed E-state index contributed by atoms with van der Waals surface area (Å²) in [5.41, 5.74) is 0.516. The molecule has 1 heterocycles. The molecule has 3 nitrogen and oxygen atoms in total. The van der Waals surface area contributed by atoms with E-state index in [1.807, 2.05) is 6.92 Å². The number of nitrogens with one attached hydrogen (secondary N) is 1. The van der Waals surface area contributed by atoms with Crippen molar-refractivity contribution >= 4 is 11.6 Å². The Kier molecular flexibility index (Phi) is 4.53. The normalized spacial score (nSPS) is 21.9. The van der Waals surface area contributed by atoms with Crippen molar-refractivity contribution in [2.75, 3.05) is 18.4 Å². The molecule has 1 aliphatic heterocycles. The molecule has 1 amide bonds. The number of likely N-dealkylation sites (tertiary alicyclic amines) is 1. The molecule has 1 fully saturated rings. The number of benzene rings is 1. The van der Waals surface area contributed by atoms with Crippen LogP contribution in [0, 0.1) is 11.7 Å². The monoisotopic (exact) mass is 264 g/mol. The van der Waals surface area contributed by atoms with Crippen molar-refractivity contribution in [1.82, 2.24) is 4.90 Å². The molecule has 0 aliphatic carbocycles. The van der Waals surface area contributed by atoms with Gasteiger partial charge in [0.2, 0.25) is 5.91 Å². The van der Waals surface area contributed by atoms with Gasteiger partial charge in [-0.05, 0) is 50.4 Å². The van der Waals surface area contributed by atoms with Gasteiger partial charge < -0.3 is 5.32 Å². The Morgan fingerprint density at radius 1 is 1.53 bits per heavy atom. The van der Waals surface area contributed by atoms with Crippen LogP contribution in [0.5, 0.6) is 0 Å². The molecule has 1 saturated heterocycles. The molecule has 2 unspecified atom stereocenters. The van der Waals surface area contributed by atoms with Crippen molar-refractivity contribution in [2.24, 2.45) is 5.92 Å². The van der Waals surface area contributed by atoms with Gasteiger partial charge in [-0.3, -0.25) is 9.69 Å². The largest absolute Gasteiger partial charge is 0.325 e. The van der Waals surface area contributed by atoms with Gasteiger partial charge in [0.05, 0.1) is 6.04 Å². The highest BCUT2D eigenvalue weighted by Gasteiger charge is 2.25. The number of anilines is 1. The molecular weight excluding hydrogens is 243 g/mol. The van der Waals surface area contributed by atoms with Gasteiger partial charge in [-0.1, -0.05) is 13.0 Å². The van der Waals surface area contributed by atoms with E-state index in [0.29, 0.717) is 11.6 Å². The highest BCUT2D eigenvalue weighted by Crippen LogP contribution is 2.18. The van der Waals surface area contributed by atoms with Gasteiger partial charge in [0.1, 0.15) is 5.82 Å². The number of nitrogens with zero attached hydrogens (tertiary/aromatic N) is 1. The van der Waals surface area contributed by atoms with Gasteiger partial charge >= 0.3 is 0 Å². The molecule has 0 bridgehead atoms. The molecular formula is C15H21FN2O.